The van der Waals surface area contributed by atoms with Crippen molar-refractivity contribution in [2.45, 2.75) is 167 Å². The van der Waals surface area contributed by atoms with Crippen LogP contribution < -0.4 is 10.6 Å². The maximum absolute atomic E-state index is 12.5. The van der Waals surface area contributed by atoms with Crippen LogP contribution in [0.25, 0.3) is 0 Å². The first-order valence-electron chi connectivity index (χ1n) is 17.1. The summed E-state index contributed by atoms with van der Waals surface area (Å²) < 4.78 is 5.86. The van der Waals surface area contributed by atoms with Crippen molar-refractivity contribution in [1.29, 1.82) is 0 Å². The van der Waals surface area contributed by atoms with Gasteiger partial charge in [0.25, 0.3) is 0 Å². The van der Waals surface area contributed by atoms with E-state index in [1.807, 2.05) is 0 Å². The summed E-state index contributed by atoms with van der Waals surface area (Å²) >= 11 is 0. The molecule has 9 nitrogen and oxygen atoms in total. The Bertz CT molecular complexity index is 757. The Balaban J connectivity index is 4.11. The maximum Gasteiger partial charge on any atom is 0.328 e. The van der Waals surface area contributed by atoms with Gasteiger partial charge in [-0.05, 0) is 64.2 Å². The van der Waals surface area contributed by atoms with Crippen molar-refractivity contribution in [1.82, 2.24) is 10.6 Å². The molecule has 2 unspecified atom stereocenters. The molecule has 0 saturated heterocycles. The third kappa shape index (κ3) is 26.9. The highest BCUT2D eigenvalue weighted by Gasteiger charge is 2.19. The Morgan fingerprint density at radius 3 is 1.77 bits per heavy atom. The maximum atomic E-state index is 12.5. The highest BCUT2D eigenvalue weighted by Crippen LogP contribution is 2.17. The summed E-state index contributed by atoms with van der Waals surface area (Å²) in [5.74, 6) is -2.40. The Hall–Kier alpha value is -2.42. The molecule has 250 valence electrons. The van der Waals surface area contributed by atoms with Crippen LogP contribution in [-0.4, -0.2) is 59.3 Å². The van der Waals surface area contributed by atoms with E-state index < -0.39 is 24.5 Å². The SMILES string of the molecule is CCCCCC/C=C\CCCCCCCC(=O)OC(CCCCCC)CCCCCC(=O)NCC(=O)NC(CO)C(=O)O. The van der Waals surface area contributed by atoms with Gasteiger partial charge in [0.1, 0.15) is 12.1 Å². The molecule has 2 atom stereocenters. The van der Waals surface area contributed by atoms with Gasteiger partial charge < -0.3 is 25.6 Å². The van der Waals surface area contributed by atoms with Gasteiger partial charge in [0.2, 0.25) is 11.8 Å². The van der Waals surface area contributed by atoms with Crippen molar-refractivity contribution < 1.29 is 34.1 Å². The molecule has 0 aliphatic heterocycles. The average molecular weight is 611 g/mol. The van der Waals surface area contributed by atoms with Gasteiger partial charge in [-0.3, -0.25) is 14.4 Å². The molecule has 0 bridgehead atoms. The quantitative estimate of drug-likeness (QED) is 0.0400. The topological polar surface area (TPSA) is 142 Å². The number of carbonyl (C=O) groups excluding carboxylic acids is 3. The van der Waals surface area contributed by atoms with Gasteiger partial charge in [-0.15, -0.1) is 0 Å². The zero-order valence-corrected chi connectivity index (χ0v) is 27.2. The zero-order chi connectivity index (χ0) is 32.0. The van der Waals surface area contributed by atoms with Crippen LogP contribution >= 0.6 is 0 Å². The van der Waals surface area contributed by atoms with Crippen LogP contribution in [0.3, 0.4) is 0 Å². The lowest BCUT2D eigenvalue weighted by Crippen LogP contribution is -2.47. The number of carboxylic acids is 1. The lowest BCUT2D eigenvalue weighted by Gasteiger charge is -2.18. The van der Waals surface area contributed by atoms with Crippen LogP contribution in [0, 0.1) is 0 Å². The molecule has 0 aromatic heterocycles. The average Bonchev–Trinajstić information content (AvgIpc) is 2.98. The highest BCUT2D eigenvalue weighted by molar-refractivity contribution is 5.87. The number of carbonyl (C=O) groups is 4. The van der Waals surface area contributed by atoms with Gasteiger partial charge in [0, 0.05) is 12.8 Å². The first kappa shape index (κ1) is 40.6. The van der Waals surface area contributed by atoms with Gasteiger partial charge in [-0.1, -0.05) is 90.2 Å². The Kier molecular flexibility index (Phi) is 28.0. The van der Waals surface area contributed by atoms with Gasteiger partial charge in [0.15, 0.2) is 0 Å². The van der Waals surface area contributed by atoms with Gasteiger partial charge >= 0.3 is 11.9 Å². The van der Waals surface area contributed by atoms with Gasteiger partial charge in [0.05, 0.1) is 13.2 Å². The van der Waals surface area contributed by atoms with E-state index in [4.69, 9.17) is 14.9 Å². The summed E-state index contributed by atoms with van der Waals surface area (Å²) in [6.07, 6.45) is 26.9. The molecule has 0 spiro atoms. The van der Waals surface area contributed by atoms with Gasteiger partial charge in [-0.25, -0.2) is 4.79 Å². The van der Waals surface area contributed by atoms with Crippen molar-refractivity contribution in [3.63, 3.8) is 0 Å². The number of carboxylic acid groups (broad SMARTS) is 1. The molecule has 0 fully saturated rings. The summed E-state index contributed by atoms with van der Waals surface area (Å²) in [6, 6.07) is -1.39. The summed E-state index contributed by atoms with van der Waals surface area (Å²) in [5, 5.41) is 22.4. The number of aliphatic hydroxyl groups excluding tert-OH is 1. The van der Waals surface area contributed by atoms with Crippen LogP contribution in [0.1, 0.15) is 155 Å². The van der Waals surface area contributed by atoms with E-state index in [-0.39, 0.29) is 30.9 Å². The zero-order valence-electron chi connectivity index (χ0n) is 27.2. The predicted octanol–water partition coefficient (Wildman–Crippen LogP) is 6.75. The van der Waals surface area contributed by atoms with E-state index in [0.717, 1.165) is 70.6 Å². The predicted molar refractivity (Wildman–Crippen MR) is 172 cm³/mol. The van der Waals surface area contributed by atoms with Crippen molar-refractivity contribution in [2.24, 2.45) is 0 Å². The first-order valence-corrected chi connectivity index (χ1v) is 17.1. The lowest BCUT2D eigenvalue weighted by atomic mass is 10.0. The number of aliphatic carboxylic acids is 1. The van der Waals surface area contributed by atoms with Crippen molar-refractivity contribution in [3.05, 3.63) is 12.2 Å². The molecule has 0 aromatic rings. The summed E-state index contributed by atoms with van der Waals surface area (Å²) in [6.45, 7) is 3.35. The molecule has 9 heteroatoms. The van der Waals surface area contributed by atoms with Crippen LogP contribution in [0.2, 0.25) is 0 Å². The molecular formula is C34H62N2O7. The largest absolute Gasteiger partial charge is 0.480 e. The molecular weight excluding hydrogens is 548 g/mol. The van der Waals surface area contributed by atoms with E-state index in [9.17, 15) is 19.2 Å². The minimum Gasteiger partial charge on any atom is -0.480 e. The molecule has 4 N–H and O–H groups in total. The summed E-state index contributed by atoms with van der Waals surface area (Å²) in [4.78, 5) is 47.1. The van der Waals surface area contributed by atoms with E-state index in [1.54, 1.807) is 0 Å². The number of unbranched alkanes of at least 4 members (excludes halogenated alkanes) is 14. The molecule has 0 heterocycles. The standard InChI is InChI=1S/C34H62N2O7/c1-3-5-7-9-10-11-12-13-14-15-16-17-22-26-33(40)43-29(23-19-8-6-4-2)24-20-18-21-25-31(38)35-27-32(39)36-30(28-37)34(41)42/h11-12,29-30,37H,3-10,13-28H2,1-2H3,(H,35,38)(H,36,39)(H,41,42)/b12-11-. The smallest absolute Gasteiger partial charge is 0.328 e. The molecule has 0 aliphatic rings. The van der Waals surface area contributed by atoms with E-state index in [2.05, 4.69) is 36.6 Å². The molecule has 0 radical (unpaired) electrons. The van der Waals surface area contributed by atoms with Crippen LogP contribution in [-0.2, 0) is 23.9 Å². The third-order valence-electron chi connectivity index (χ3n) is 7.51. The van der Waals surface area contributed by atoms with Crippen LogP contribution in [0.4, 0.5) is 0 Å². The molecule has 0 aromatic carbocycles. The lowest BCUT2D eigenvalue weighted by molar-refractivity contribution is -0.150. The number of esters is 1. The second-order valence-corrected chi connectivity index (χ2v) is 11.6. The number of allylic oxidation sites excluding steroid dienone is 2. The minimum atomic E-state index is -1.39. The van der Waals surface area contributed by atoms with E-state index in [0.29, 0.717) is 12.8 Å². The van der Waals surface area contributed by atoms with Crippen molar-refractivity contribution in [2.75, 3.05) is 13.2 Å². The number of hydrogen-bond acceptors (Lipinski definition) is 6. The monoisotopic (exact) mass is 610 g/mol. The van der Waals surface area contributed by atoms with E-state index in [1.165, 1.54) is 51.4 Å². The van der Waals surface area contributed by atoms with Crippen LogP contribution in [0.5, 0.6) is 0 Å². The van der Waals surface area contributed by atoms with Crippen molar-refractivity contribution >= 4 is 23.8 Å². The number of amides is 2. The van der Waals surface area contributed by atoms with E-state index >= 15 is 0 Å². The fraction of sp³-hybridized carbons (Fsp3) is 0.824. The number of hydrogen-bond donors (Lipinski definition) is 4. The molecule has 2 amide bonds. The van der Waals surface area contributed by atoms with Gasteiger partial charge in [-0.2, -0.15) is 0 Å². The first-order chi connectivity index (χ1) is 20.8. The molecule has 0 aliphatic carbocycles. The minimum absolute atomic E-state index is 0.0793. The fourth-order valence-electron chi connectivity index (χ4n) is 4.82. The number of ether oxygens (including phenoxy) is 1. The fourth-order valence-corrected chi connectivity index (χ4v) is 4.82. The van der Waals surface area contributed by atoms with Crippen molar-refractivity contribution in [3.8, 4) is 0 Å². The second kappa shape index (κ2) is 29.6. The Morgan fingerprint density at radius 1 is 0.674 bits per heavy atom. The number of aliphatic hydroxyl groups is 1. The number of rotatable bonds is 30. The Morgan fingerprint density at radius 2 is 1.19 bits per heavy atom. The molecule has 43 heavy (non-hydrogen) atoms. The molecule has 0 rings (SSSR count). The summed E-state index contributed by atoms with van der Waals surface area (Å²) in [7, 11) is 0. The Labute approximate surface area is 261 Å². The summed E-state index contributed by atoms with van der Waals surface area (Å²) in [5.41, 5.74) is 0. The number of nitrogens with one attached hydrogen (secondary N) is 2. The molecule has 0 saturated carbocycles. The highest BCUT2D eigenvalue weighted by atomic mass is 16.5. The normalized spacial score (nSPS) is 12.6. The van der Waals surface area contributed by atoms with Crippen LogP contribution in [0.15, 0.2) is 12.2 Å². The second-order valence-electron chi connectivity index (χ2n) is 11.6. The third-order valence-corrected chi connectivity index (χ3v) is 7.51.